The minimum absolute atomic E-state index is 0.0622. The Bertz CT molecular complexity index is 386. The lowest BCUT2D eigenvalue weighted by Gasteiger charge is -2.23. The fourth-order valence-corrected chi connectivity index (χ4v) is 2.55. The van der Waals surface area contributed by atoms with E-state index in [4.69, 9.17) is 10.5 Å². The Hall–Kier alpha value is -1.06. The van der Waals surface area contributed by atoms with Crippen LogP contribution < -0.4 is 5.73 Å². The van der Waals surface area contributed by atoms with Crippen LogP contribution in [-0.4, -0.2) is 30.2 Å². The molecule has 1 aliphatic rings. The highest BCUT2D eigenvalue weighted by Crippen LogP contribution is 2.29. The van der Waals surface area contributed by atoms with Crippen molar-refractivity contribution < 1.29 is 4.74 Å². The summed E-state index contributed by atoms with van der Waals surface area (Å²) in [5.74, 6) is 0. The monoisotopic (exact) mass is 248 g/mol. The molecule has 1 atom stereocenters. The molecule has 0 saturated carbocycles. The van der Waals surface area contributed by atoms with E-state index in [1.165, 1.54) is 12.0 Å². The molecule has 100 valence electrons. The zero-order valence-electron chi connectivity index (χ0n) is 11.6. The highest BCUT2D eigenvalue weighted by Gasteiger charge is 2.31. The van der Waals surface area contributed by atoms with Gasteiger partial charge in [0.05, 0.1) is 11.7 Å². The molecule has 1 aromatic carbocycles. The number of benzene rings is 1. The predicted molar refractivity (Wildman–Crippen MR) is 75.4 cm³/mol. The molecule has 18 heavy (non-hydrogen) atoms. The third-order valence-electron chi connectivity index (χ3n) is 3.50. The zero-order chi connectivity index (χ0) is 13.2. The van der Waals surface area contributed by atoms with E-state index in [1.807, 2.05) is 12.1 Å². The highest BCUT2D eigenvalue weighted by atomic mass is 16.5. The van der Waals surface area contributed by atoms with Crippen molar-refractivity contribution in [2.75, 3.05) is 19.3 Å². The van der Waals surface area contributed by atoms with Gasteiger partial charge in [-0.2, -0.15) is 0 Å². The minimum Gasteiger partial charge on any atom is -0.399 e. The molecular weight excluding hydrogens is 224 g/mol. The summed E-state index contributed by atoms with van der Waals surface area (Å²) in [7, 11) is 2.14. The van der Waals surface area contributed by atoms with Crippen molar-refractivity contribution in [3.8, 4) is 0 Å². The molecule has 1 aromatic rings. The Labute approximate surface area is 110 Å². The van der Waals surface area contributed by atoms with Crippen molar-refractivity contribution in [1.29, 1.82) is 0 Å². The van der Waals surface area contributed by atoms with Crippen molar-refractivity contribution in [1.82, 2.24) is 4.90 Å². The lowest BCUT2D eigenvalue weighted by Crippen LogP contribution is -2.30. The van der Waals surface area contributed by atoms with Gasteiger partial charge < -0.3 is 10.5 Å². The van der Waals surface area contributed by atoms with Crippen LogP contribution in [0, 0.1) is 0 Å². The first-order valence-electron chi connectivity index (χ1n) is 6.65. The second-order valence-electron chi connectivity index (χ2n) is 5.98. The van der Waals surface area contributed by atoms with Crippen LogP contribution in [0.15, 0.2) is 24.3 Å². The summed E-state index contributed by atoms with van der Waals surface area (Å²) in [6, 6.07) is 8.09. The lowest BCUT2D eigenvalue weighted by atomic mass is 10.1. The normalized spacial score (nSPS) is 22.6. The average molecular weight is 248 g/mol. The Morgan fingerprint density at radius 1 is 1.33 bits per heavy atom. The number of ether oxygens (including phenoxy) is 1. The Morgan fingerprint density at radius 3 is 2.56 bits per heavy atom. The van der Waals surface area contributed by atoms with Crippen LogP contribution in [0.2, 0.25) is 0 Å². The summed E-state index contributed by atoms with van der Waals surface area (Å²) < 4.78 is 6.01. The van der Waals surface area contributed by atoms with Gasteiger partial charge in [-0.25, -0.2) is 0 Å². The van der Waals surface area contributed by atoms with Crippen LogP contribution in [-0.2, 0) is 11.3 Å². The van der Waals surface area contributed by atoms with Gasteiger partial charge in [-0.05, 0) is 51.4 Å². The van der Waals surface area contributed by atoms with E-state index < -0.39 is 0 Å². The maximum atomic E-state index is 6.01. The van der Waals surface area contributed by atoms with Gasteiger partial charge >= 0.3 is 0 Å². The molecule has 1 heterocycles. The second-order valence-corrected chi connectivity index (χ2v) is 5.98. The van der Waals surface area contributed by atoms with Crippen LogP contribution in [0.4, 0.5) is 5.69 Å². The maximum Gasteiger partial charge on any atom is 0.0710 e. The molecular formula is C15H24N2O. The second kappa shape index (κ2) is 5.29. The lowest BCUT2D eigenvalue weighted by molar-refractivity contribution is -0.0267. The highest BCUT2D eigenvalue weighted by molar-refractivity contribution is 5.39. The van der Waals surface area contributed by atoms with Crippen molar-refractivity contribution in [3.05, 3.63) is 29.8 Å². The first-order valence-corrected chi connectivity index (χ1v) is 6.65. The van der Waals surface area contributed by atoms with Gasteiger partial charge in [0, 0.05) is 18.8 Å². The molecule has 3 heteroatoms. The van der Waals surface area contributed by atoms with E-state index in [-0.39, 0.29) is 5.60 Å². The molecule has 2 rings (SSSR count). The van der Waals surface area contributed by atoms with Crippen LogP contribution >= 0.6 is 0 Å². The number of hydrogen-bond acceptors (Lipinski definition) is 3. The smallest absolute Gasteiger partial charge is 0.0710 e. The number of nitrogens with two attached hydrogens (primary N) is 1. The molecule has 0 amide bonds. The van der Waals surface area contributed by atoms with Crippen LogP contribution in [0.25, 0.3) is 0 Å². The predicted octanol–water partition coefficient (Wildman–Crippen LogP) is 2.66. The number of nitrogen functional groups attached to an aromatic ring is 1. The number of nitrogens with zero attached hydrogens (tertiary/aromatic N) is 1. The summed E-state index contributed by atoms with van der Waals surface area (Å²) in [6.07, 6.45) is 2.70. The Balaban J connectivity index is 1.82. The summed E-state index contributed by atoms with van der Waals surface area (Å²) in [5, 5.41) is 0. The topological polar surface area (TPSA) is 38.5 Å². The maximum absolute atomic E-state index is 6.01. The third kappa shape index (κ3) is 3.72. The van der Waals surface area contributed by atoms with Crippen molar-refractivity contribution in [2.45, 2.75) is 44.9 Å². The minimum atomic E-state index is 0.0622. The van der Waals surface area contributed by atoms with Gasteiger partial charge in [-0.1, -0.05) is 12.1 Å². The number of likely N-dealkylation sites (N-methyl/N-ethyl adjacent to an activating group) is 1. The SMILES string of the molecule is CN(Cc1ccc(N)cc1)CC1CCC(C)(C)O1. The summed E-state index contributed by atoms with van der Waals surface area (Å²) >= 11 is 0. The van der Waals surface area contributed by atoms with E-state index in [2.05, 4.69) is 37.9 Å². The van der Waals surface area contributed by atoms with E-state index in [0.717, 1.165) is 25.2 Å². The molecule has 2 N–H and O–H groups in total. The van der Waals surface area contributed by atoms with Gasteiger partial charge in [0.15, 0.2) is 0 Å². The summed E-state index contributed by atoms with van der Waals surface area (Å²) in [5.41, 5.74) is 7.86. The van der Waals surface area contributed by atoms with Crippen LogP contribution in [0.5, 0.6) is 0 Å². The number of anilines is 1. The third-order valence-corrected chi connectivity index (χ3v) is 3.50. The first-order chi connectivity index (χ1) is 8.44. The number of rotatable bonds is 4. The zero-order valence-corrected chi connectivity index (χ0v) is 11.6. The van der Waals surface area contributed by atoms with E-state index in [1.54, 1.807) is 0 Å². The van der Waals surface area contributed by atoms with Crippen LogP contribution in [0.3, 0.4) is 0 Å². The van der Waals surface area contributed by atoms with Gasteiger partial charge in [0.1, 0.15) is 0 Å². The molecule has 1 fully saturated rings. The molecule has 1 unspecified atom stereocenters. The quantitative estimate of drug-likeness (QED) is 0.833. The number of hydrogen-bond donors (Lipinski definition) is 1. The molecule has 0 bridgehead atoms. The Kier molecular flexibility index (Phi) is 3.93. The standard InChI is InChI=1S/C15H24N2O/c1-15(2)9-8-14(18-15)11-17(3)10-12-4-6-13(16)7-5-12/h4-7,14H,8-11,16H2,1-3H3. The fourth-order valence-electron chi connectivity index (χ4n) is 2.55. The van der Waals surface area contributed by atoms with E-state index >= 15 is 0 Å². The molecule has 0 aliphatic carbocycles. The first kappa shape index (κ1) is 13.4. The molecule has 0 aromatic heterocycles. The molecule has 0 spiro atoms. The van der Waals surface area contributed by atoms with Gasteiger partial charge in [-0.15, -0.1) is 0 Å². The van der Waals surface area contributed by atoms with Crippen molar-refractivity contribution in [2.24, 2.45) is 0 Å². The largest absolute Gasteiger partial charge is 0.399 e. The van der Waals surface area contributed by atoms with E-state index in [0.29, 0.717) is 6.10 Å². The van der Waals surface area contributed by atoms with Crippen molar-refractivity contribution in [3.63, 3.8) is 0 Å². The molecule has 3 nitrogen and oxygen atoms in total. The molecule has 0 radical (unpaired) electrons. The van der Waals surface area contributed by atoms with Gasteiger partial charge in [0.25, 0.3) is 0 Å². The van der Waals surface area contributed by atoms with E-state index in [9.17, 15) is 0 Å². The summed E-state index contributed by atoms with van der Waals surface area (Å²) in [6.45, 7) is 6.29. The summed E-state index contributed by atoms with van der Waals surface area (Å²) in [4.78, 5) is 2.32. The fraction of sp³-hybridized carbons (Fsp3) is 0.600. The Morgan fingerprint density at radius 2 is 2.00 bits per heavy atom. The van der Waals surface area contributed by atoms with Gasteiger partial charge in [0.2, 0.25) is 0 Å². The average Bonchev–Trinajstić information content (AvgIpc) is 2.61. The molecule has 1 aliphatic heterocycles. The van der Waals surface area contributed by atoms with Gasteiger partial charge in [-0.3, -0.25) is 4.90 Å². The van der Waals surface area contributed by atoms with Crippen molar-refractivity contribution >= 4 is 5.69 Å². The van der Waals surface area contributed by atoms with Crippen LogP contribution in [0.1, 0.15) is 32.3 Å². The molecule has 1 saturated heterocycles.